The van der Waals surface area contributed by atoms with E-state index in [4.69, 9.17) is 5.11 Å². The Labute approximate surface area is 87.1 Å². The first-order chi connectivity index (χ1) is 7.06. The van der Waals surface area contributed by atoms with Crippen molar-refractivity contribution < 1.29 is 14.3 Å². The van der Waals surface area contributed by atoms with Crippen LogP contribution in [-0.4, -0.2) is 22.5 Å². The van der Waals surface area contributed by atoms with Crippen molar-refractivity contribution in [3.8, 4) is 0 Å². The molecule has 0 aliphatic heterocycles. The zero-order valence-electron chi connectivity index (χ0n) is 8.62. The summed E-state index contributed by atoms with van der Waals surface area (Å²) < 4.78 is 13.3. The van der Waals surface area contributed by atoms with Gasteiger partial charge < -0.3 is 10.4 Å². The molecule has 0 spiro atoms. The molecule has 0 aromatic carbocycles. The number of nitrogens with zero attached hydrogens (tertiary/aromatic N) is 1. The molecule has 82 valence electrons. The third kappa shape index (κ3) is 2.73. The van der Waals surface area contributed by atoms with E-state index >= 15 is 0 Å². The second-order valence-electron chi connectivity index (χ2n) is 3.11. The lowest BCUT2D eigenvalue weighted by atomic mass is 10.1. The minimum Gasteiger partial charge on any atom is -0.389 e. The number of amides is 1. The van der Waals surface area contributed by atoms with Crippen molar-refractivity contribution in [2.45, 2.75) is 20.0 Å². The van der Waals surface area contributed by atoms with Crippen LogP contribution >= 0.6 is 0 Å². The van der Waals surface area contributed by atoms with Gasteiger partial charge in [0.2, 0.25) is 5.95 Å². The Morgan fingerprint density at radius 2 is 2.33 bits per heavy atom. The maximum absolute atomic E-state index is 13.3. The van der Waals surface area contributed by atoms with Crippen LogP contribution in [0.4, 0.5) is 4.39 Å². The van der Waals surface area contributed by atoms with E-state index in [0.717, 1.165) is 0 Å². The van der Waals surface area contributed by atoms with Crippen LogP contribution in [0.5, 0.6) is 0 Å². The summed E-state index contributed by atoms with van der Waals surface area (Å²) in [7, 11) is 0. The van der Waals surface area contributed by atoms with Gasteiger partial charge in [-0.3, -0.25) is 4.79 Å². The van der Waals surface area contributed by atoms with E-state index in [1.165, 1.54) is 19.1 Å². The largest absolute Gasteiger partial charge is 0.389 e. The van der Waals surface area contributed by atoms with Crippen LogP contribution in [0, 0.1) is 5.95 Å². The number of carbonyl (C=O) groups excluding carboxylic acids is 1. The highest BCUT2D eigenvalue weighted by Crippen LogP contribution is 2.14. The number of aromatic nitrogens is 1. The molecular weight excluding hydrogens is 199 g/mol. The van der Waals surface area contributed by atoms with Crippen molar-refractivity contribution in [1.29, 1.82) is 0 Å². The van der Waals surface area contributed by atoms with Crippen LogP contribution < -0.4 is 5.32 Å². The molecule has 1 unspecified atom stereocenters. The van der Waals surface area contributed by atoms with Crippen LogP contribution in [0.15, 0.2) is 12.1 Å². The average Bonchev–Trinajstić information content (AvgIpc) is 2.17. The molecule has 5 heteroatoms. The van der Waals surface area contributed by atoms with Gasteiger partial charge in [-0.2, -0.15) is 4.39 Å². The fraction of sp³-hybridized carbons (Fsp3) is 0.400. The molecule has 0 saturated carbocycles. The molecule has 2 N–H and O–H groups in total. The molecule has 4 nitrogen and oxygen atoms in total. The molecule has 1 aromatic heterocycles. The van der Waals surface area contributed by atoms with E-state index in [9.17, 15) is 9.18 Å². The summed E-state index contributed by atoms with van der Waals surface area (Å²) in [6.45, 7) is 3.66. The minimum absolute atomic E-state index is 0.0127. The Balaban J connectivity index is 2.96. The Morgan fingerprint density at radius 1 is 1.67 bits per heavy atom. The molecule has 1 amide bonds. The summed E-state index contributed by atoms with van der Waals surface area (Å²) in [5.74, 6) is -1.23. The zero-order chi connectivity index (χ0) is 11.4. The van der Waals surface area contributed by atoms with Crippen LogP contribution in [-0.2, 0) is 0 Å². The van der Waals surface area contributed by atoms with Gasteiger partial charge in [0.1, 0.15) is 5.69 Å². The maximum atomic E-state index is 13.3. The fourth-order valence-electron chi connectivity index (χ4n) is 1.13. The average molecular weight is 212 g/mol. The summed E-state index contributed by atoms with van der Waals surface area (Å²) in [5.41, 5.74) is 0.0989. The molecule has 0 aliphatic carbocycles. The van der Waals surface area contributed by atoms with Gasteiger partial charge in [0.25, 0.3) is 5.91 Å². The lowest BCUT2D eigenvalue weighted by Crippen LogP contribution is -2.24. The number of aliphatic hydroxyl groups is 1. The van der Waals surface area contributed by atoms with Crippen LogP contribution in [0.25, 0.3) is 0 Å². The lowest BCUT2D eigenvalue weighted by Gasteiger charge is -2.07. The summed E-state index contributed by atoms with van der Waals surface area (Å²) in [6, 6.07) is 2.74. The van der Waals surface area contributed by atoms with Crippen molar-refractivity contribution in [2.24, 2.45) is 0 Å². The minimum atomic E-state index is -0.930. The molecular formula is C10H13FN2O2. The van der Waals surface area contributed by atoms with Gasteiger partial charge in [0.15, 0.2) is 0 Å². The van der Waals surface area contributed by atoms with E-state index in [1.54, 1.807) is 6.92 Å². The van der Waals surface area contributed by atoms with Gasteiger partial charge in [0, 0.05) is 12.1 Å². The standard InChI is InChI=1S/C10H13FN2O2/c1-3-12-10(15)8-5-4-7(6(2)14)9(11)13-8/h4-6,14H,3H2,1-2H3,(H,12,15). The molecule has 0 saturated heterocycles. The van der Waals surface area contributed by atoms with Crippen molar-refractivity contribution in [1.82, 2.24) is 10.3 Å². The van der Waals surface area contributed by atoms with Gasteiger partial charge in [0.05, 0.1) is 6.10 Å². The highest BCUT2D eigenvalue weighted by molar-refractivity contribution is 5.92. The molecule has 1 heterocycles. The van der Waals surface area contributed by atoms with Crippen molar-refractivity contribution >= 4 is 5.91 Å². The van der Waals surface area contributed by atoms with E-state index in [2.05, 4.69) is 10.3 Å². The van der Waals surface area contributed by atoms with Crippen molar-refractivity contribution in [3.05, 3.63) is 29.3 Å². The summed E-state index contributed by atoms with van der Waals surface area (Å²) >= 11 is 0. The molecule has 0 aliphatic rings. The van der Waals surface area contributed by atoms with E-state index < -0.39 is 18.0 Å². The molecule has 0 bridgehead atoms. The van der Waals surface area contributed by atoms with Gasteiger partial charge in [-0.1, -0.05) is 0 Å². The summed E-state index contributed by atoms with van der Waals surface area (Å²) in [4.78, 5) is 14.7. The van der Waals surface area contributed by atoms with Crippen LogP contribution in [0.2, 0.25) is 0 Å². The first kappa shape index (κ1) is 11.6. The Bertz CT molecular complexity index is 366. The SMILES string of the molecule is CCNC(=O)c1ccc(C(C)O)c(F)n1. The normalized spacial score (nSPS) is 12.3. The van der Waals surface area contributed by atoms with Gasteiger partial charge in [-0.25, -0.2) is 4.98 Å². The first-order valence-corrected chi connectivity index (χ1v) is 4.69. The molecule has 1 rings (SSSR count). The maximum Gasteiger partial charge on any atom is 0.269 e. The number of aliphatic hydroxyl groups excluding tert-OH is 1. The van der Waals surface area contributed by atoms with Gasteiger partial charge in [-0.05, 0) is 26.0 Å². The Kier molecular flexibility index (Phi) is 3.74. The smallest absolute Gasteiger partial charge is 0.269 e. The number of halogens is 1. The topological polar surface area (TPSA) is 62.2 Å². The summed E-state index contributed by atoms with van der Waals surface area (Å²) in [6.07, 6.45) is -0.930. The predicted octanol–water partition coefficient (Wildman–Crippen LogP) is 1.02. The Hall–Kier alpha value is -1.49. The predicted molar refractivity (Wildman–Crippen MR) is 52.8 cm³/mol. The number of hydrogen-bond acceptors (Lipinski definition) is 3. The number of hydrogen-bond donors (Lipinski definition) is 2. The molecule has 15 heavy (non-hydrogen) atoms. The first-order valence-electron chi connectivity index (χ1n) is 4.69. The Morgan fingerprint density at radius 3 is 2.80 bits per heavy atom. The molecule has 0 fully saturated rings. The number of pyridine rings is 1. The number of nitrogens with one attached hydrogen (secondary N) is 1. The second kappa shape index (κ2) is 4.84. The van der Waals surface area contributed by atoms with Crippen molar-refractivity contribution in [2.75, 3.05) is 6.54 Å². The number of rotatable bonds is 3. The zero-order valence-corrected chi connectivity index (χ0v) is 8.62. The molecule has 0 radical (unpaired) electrons. The highest BCUT2D eigenvalue weighted by atomic mass is 19.1. The lowest BCUT2D eigenvalue weighted by molar-refractivity contribution is 0.0949. The highest BCUT2D eigenvalue weighted by Gasteiger charge is 2.13. The summed E-state index contributed by atoms with van der Waals surface area (Å²) in [5, 5.41) is 11.7. The third-order valence-electron chi connectivity index (χ3n) is 1.90. The molecule has 1 aromatic rings. The quantitative estimate of drug-likeness (QED) is 0.735. The molecule has 1 atom stereocenters. The van der Waals surface area contributed by atoms with E-state index in [0.29, 0.717) is 6.54 Å². The van der Waals surface area contributed by atoms with E-state index in [-0.39, 0.29) is 11.3 Å². The van der Waals surface area contributed by atoms with Crippen molar-refractivity contribution in [3.63, 3.8) is 0 Å². The van der Waals surface area contributed by atoms with Gasteiger partial charge >= 0.3 is 0 Å². The third-order valence-corrected chi connectivity index (χ3v) is 1.90. The second-order valence-corrected chi connectivity index (χ2v) is 3.11. The monoisotopic (exact) mass is 212 g/mol. The van der Waals surface area contributed by atoms with Gasteiger partial charge in [-0.15, -0.1) is 0 Å². The van der Waals surface area contributed by atoms with E-state index in [1.807, 2.05) is 0 Å². The van der Waals surface area contributed by atoms with Crippen LogP contribution in [0.1, 0.15) is 36.0 Å². The number of carbonyl (C=O) groups is 1. The van der Waals surface area contributed by atoms with Crippen LogP contribution in [0.3, 0.4) is 0 Å². The fourth-order valence-corrected chi connectivity index (χ4v) is 1.13.